The van der Waals surface area contributed by atoms with E-state index in [4.69, 9.17) is 15.5 Å². The third-order valence-corrected chi connectivity index (χ3v) is 12.9. The van der Waals surface area contributed by atoms with Crippen molar-refractivity contribution in [1.82, 2.24) is 29.5 Å². The largest absolute Gasteiger partial charge is 0.381 e. The molecular weight excluding hydrogens is 780 g/mol. The van der Waals surface area contributed by atoms with Crippen LogP contribution in [-0.4, -0.2) is 85.7 Å². The molecule has 0 saturated carbocycles. The van der Waals surface area contributed by atoms with Gasteiger partial charge in [-0.25, -0.2) is 14.1 Å². The number of anilines is 1. The van der Waals surface area contributed by atoms with Crippen LogP contribution in [0.5, 0.6) is 0 Å². The summed E-state index contributed by atoms with van der Waals surface area (Å²) in [5, 5.41) is 9.40. The lowest BCUT2D eigenvalue weighted by Gasteiger charge is -2.34. The summed E-state index contributed by atoms with van der Waals surface area (Å²) in [5.74, 6) is -1.22. The van der Waals surface area contributed by atoms with Gasteiger partial charge in [0.25, 0.3) is 5.91 Å². The number of likely N-dealkylation sites (tertiary alicyclic amines) is 2. The van der Waals surface area contributed by atoms with Crippen molar-refractivity contribution in [3.63, 3.8) is 0 Å². The highest BCUT2D eigenvalue weighted by molar-refractivity contribution is 5.99. The maximum Gasteiger partial charge on any atom is 0.254 e. The molecular formula is C50H55FN8O3. The van der Waals surface area contributed by atoms with Crippen molar-refractivity contribution in [2.24, 2.45) is 5.73 Å². The molecule has 12 heteroatoms. The topological polar surface area (TPSA) is 122 Å². The number of aryl methyl sites for hydroxylation is 2. The Balaban J connectivity index is 1.01. The SMILES string of the molecule is CCc1nc2c(cnn2CC)c(NC2CCOCC2)c1CN(Cc1ccc(F)c(-c2cccc(CN3C[C@H]4CC3CN4Cc3ccccc3)c2)c1)C(=O)c1cccc(C(N)=O)c1. The van der Waals surface area contributed by atoms with Gasteiger partial charge in [0.05, 0.1) is 23.8 Å². The van der Waals surface area contributed by atoms with Crippen molar-refractivity contribution in [2.45, 2.75) is 90.4 Å². The van der Waals surface area contributed by atoms with Crippen LogP contribution in [0.1, 0.15) is 81.8 Å². The van der Waals surface area contributed by atoms with E-state index in [1.807, 2.05) is 36.0 Å². The zero-order chi connectivity index (χ0) is 42.7. The number of halogens is 1. The van der Waals surface area contributed by atoms with Gasteiger partial charge in [-0.15, -0.1) is 0 Å². The summed E-state index contributed by atoms with van der Waals surface area (Å²) >= 11 is 0. The third kappa shape index (κ3) is 8.72. The lowest BCUT2D eigenvalue weighted by Crippen LogP contribution is -2.45. The zero-order valence-electron chi connectivity index (χ0n) is 35.6. The lowest BCUT2D eigenvalue weighted by molar-refractivity contribution is 0.0729. The first-order valence-corrected chi connectivity index (χ1v) is 22.0. The highest BCUT2D eigenvalue weighted by atomic mass is 19.1. The number of nitrogens with two attached hydrogens (primary N) is 1. The van der Waals surface area contributed by atoms with Crippen LogP contribution >= 0.6 is 0 Å². The third-order valence-electron chi connectivity index (χ3n) is 12.9. The first kappa shape index (κ1) is 41.4. The molecule has 0 spiro atoms. The monoisotopic (exact) mass is 834 g/mol. The molecule has 1 unspecified atom stereocenters. The number of fused-ring (bicyclic) bond motifs is 3. The van der Waals surface area contributed by atoms with Crippen LogP contribution in [0.2, 0.25) is 0 Å². The number of pyridine rings is 1. The standard InChI is InChI=1S/C50H55FN8O3/c1-3-46-44(47(54-39-18-20-62-21-19-39)43-26-53-59(4-2)49(43)55-46)32-58(50(61)38-15-9-14-37(24-38)48(52)60)29-35-16-17-45(51)42(23-35)36-13-8-12-34(22-36)28-57-31-40-25-41(57)30-56(40)27-33-10-6-5-7-11-33/h5-17,22-24,26,39-41H,3-4,18-21,25,27-32H2,1-2H3,(H2,52,60)(H,54,55)/t40-,41?/m1/s1. The number of aromatic nitrogens is 3. The second-order valence-corrected chi connectivity index (χ2v) is 17.0. The van der Waals surface area contributed by atoms with E-state index in [1.165, 1.54) is 18.1 Å². The van der Waals surface area contributed by atoms with Crippen LogP contribution in [0.25, 0.3) is 22.2 Å². The van der Waals surface area contributed by atoms with Crippen LogP contribution < -0.4 is 11.1 Å². The Kier molecular flexibility index (Phi) is 12.1. The van der Waals surface area contributed by atoms with Gasteiger partial charge >= 0.3 is 0 Å². The van der Waals surface area contributed by atoms with Gasteiger partial charge in [0.2, 0.25) is 5.91 Å². The fourth-order valence-electron chi connectivity index (χ4n) is 9.68. The van der Waals surface area contributed by atoms with E-state index in [1.54, 1.807) is 35.2 Å². The number of piperazine rings is 1. The number of hydrogen-bond acceptors (Lipinski definition) is 8. The Morgan fingerprint density at radius 1 is 0.839 bits per heavy atom. The van der Waals surface area contributed by atoms with Gasteiger partial charge in [-0.05, 0) is 91.3 Å². The fraction of sp³-hybridized carbons (Fsp3) is 0.360. The second-order valence-electron chi connectivity index (χ2n) is 17.0. The molecule has 62 heavy (non-hydrogen) atoms. The Labute approximate surface area is 362 Å². The quantitative estimate of drug-likeness (QED) is 0.108. The molecule has 4 aromatic carbocycles. The molecule has 6 aromatic rings. The van der Waals surface area contributed by atoms with E-state index < -0.39 is 5.91 Å². The smallest absolute Gasteiger partial charge is 0.254 e. The number of ether oxygens (including phenoxy) is 1. The van der Waals surface area contributed by atoms with Crippen molar-refractivity contribution in [1.29, 1.82) is 0 Å². The molecule has 320 valence electrons. The molecule has 3 saturated heterocycles. The summed E-state index contributed by atoms with van der Waals surface area (Å²) in [4.78, 5) is 39.1. The molecule has 0 aliphatic carbocycles. The number of carbonyl (C=O) groups excluding carboxylic acids is 2. The van der Waals surface area contributed by atoms with Crippen molar-refractivity contribution in [3.8, 4) is 11.1 Å². The normalized spacial score (nSPS) is 18.1. The molecule has 5 heterocycles. The van der Waals surface area contributed by atoms with E-state index in [2.05, 4.69) is 69.6 Å². The van der Waals surface area contributed by atoms with E-state index >= 15 is 4.39 Å². The van der Waals surface area contributed by atoms with Crippen LogP contribution in [-0.2, 0) is 43.9 Å². The van der Waals surface area contributed by atoms with Crippen molar-refractivity contribution in [2.75, 3.05) is 31.6 Å². The highest BCUT2D eigenvalue weighted by Gasteiger charge is 2.42. The van der Waals surface area contributed by atoms with E-state index in [-0.39, 0.29) is 36.4 Å². The van der Waals surface area contributed by atoms with Gasteiger partial charge in [-0.2, -0.15) is 5.10 Å². The average Bonchev–Trinajstić information content (AvgIpc) is 4.02. The minimum absolute atomic E-state index is 0.171. The number of primary amides is 1. The Morgan fingerprint density at radius 3 is 2.29 bits per heavy atom. The average molecular weight is 835 g/mol. The highest BCUT2D eigenvalue weighted by Crippen LogP contribution is 2.36. The summed E-state index contributed by atoms with van der Waals surface area (Å²) in [7, 11) is 0. The summed E-state index contributed by atoms with van der Waals surface area (Å²) in [6, 6.07) is 31.7. The van der Waals surface area contributed by atoms with Crippen LogP contribution in [0, 0.1) is 5.82 Å². The van der Waals surface area contributed by atoms with Gasteiger partial charge in [-0.3, -0.25) is 19.4 Å². The molecule has 3 fully saturated rings. The minimum Gasteiger partial charge on any atom is -0.381 e. The van der Waals surface area contributed by atoms with Gasteiger partial charge in [0.15, 0.2) is 5.65 Å². The lowest BCUT2D eigenvalue weighted by atomic mass is 9.99. The summed E-state index contributed by atoms with van der Waals surface area (Å²) < 4.78 is 23.5. The summed E-state index contributed by atoms with van der Waals surface area (Å²) in [6.07, 6.45) is 5.35. The Bertz CT molecular complexity index is 2570. The van der Waals surface area contributed by atoms with E-state index in [9.17, 15) is 9.59 Å². The minimum atomic E-state index is -0.613. The van der Waals surface area contributed by atoms with E-state index in [0.717, 1.165) is 83.7 Å². The first-order chi connectivity index (χ1) is 30.2. The van der Waals surface area contributed by atoms with Crippen molar-refractivity contribution < 1.29 is 18.7 Å². The van der Waals surface area contributed by atoms with Gasteiger partial charge in [-0.1, -0.05) is 67.6 Å². The van der Waals surface area contributed by atoms with Crippen LogP contribution in [0.15, 0.2) is 103 Å². The van der Waals surface area contributed by atoms with Crippen molar-refractivity contribution in [3.05, 3.63) is 148 Å². The summed E-state index contributed by atoms with van der Waals surface area (Å²) in [6.45, 7) is 10.4. The Morgan fingerprint density at radius 2 is 1.56 bits per heavy atom. The predicted molar refractivity (Wildman–Crippen MR) is 240 cm³/mol. The second kappa shape index (κ2) is 18.2. The maximum atomic E-state index is 15.9. The molecule has 2 amide bonds. The van der Waals surface area contributed by atoms with Crippen LogP contribution in [0.4, 0.5) is 10.1 Å². The molecule has 0 radical (unpaired) electrons. The fourth-order valence-corrected chi connectivity index (χ4v) is 9.68. The molecule has 2 bridgehead atoms. The maximum absolute atomic E-state index is 15.9. The number of hydrogen-bond donors (Lipinski definition) is 2. The molecule has 11 nitrogen and oxygen atoms in total. The molecule has 3 N–H and O–H groups in total. The molecule has 9 rings (SSSR count). The molecule has 3 aliphatic rings. The zero-order valence-corrected chi connectivity index (χ0v) is 35.6. The number of benzene rings is 4. The van der Waals surface area contributed by atoms with Gasteiger partial charge in [0, 0.05) is 98.6 Å². The Hall–Kier alpha value is -5.95. The number of amides is 2. The molecule has 3 aliphatic heterocycles. The number of carbonyl (C=O) groups is 2. The number of rotatable bonds is 15. The van der Waals surface area contributed by atoms with Crippen LogP contribution in [0.3, 0.4) is 0 Å². The van der Waals surface area contributed by atoms with E-state index in [0.29, 0.717) is 49.4 Å². The molecule has 2 aromatic heterocycles. The van der Waals surface area contributed by atoms with Gasteiger partial charge < -0.3 is 20.7 Å². The number of nitrogens with zero attached hydrogens (tertiary/aromatic N) is 6. The number of nitrogens with one attached hydrogen (secondary N) is 1. The first-order valence-electron chi connectivity index (χ1n) is 22.0. The molecule has 2 atom stereocenters. The van der Waals surface area contributed by atoms with Crippen molar-refractivity contribution >= 4 is 28.5 Å². The summed E-state index contributed by atoms with van der Waals surface area (Å²) in [5.41, 5.74) is 14.3. The predicted octanol–water partition coefficient (Wildman–Crippen LogP) is 7.81. The van der Waals surface area contributed by atoms with Gasteiger partial charge in [0.1, 0.15) is 5.82 Å².